The Balaban J connectivity index is 0.811. The molecule has 1 aromatic carbocycles. The highest BCUT2D eigenvalue weighted by atomic mass is 35.5. The molecular formula is C46H69ClN10O11. The average molecular weight is 974 g/mol. The number of nitrogens with zero attached hydrogens (tertiary/aromatic N) is 9. The summed E-state index contributed by atoms with van der Waals surface area (Å²) >= 11 is 6.51. The number of anilines is 2. The second-order valence-corrected chi connectivity index (χ2v) is 17.2. The predicted molar refractivity (Wildman–Crippen MR) is 250 cm³/mol. The van der Waals surface area contributed by atoms with Crippen molar-refractivity contribution in [2.24, 2.45) is 0 Å². The Labute approximate surface area is 403 Å². The zero-order chi connectivity index (χ0) is 47.0. The molecule has 21 nitrogen and oxygen atoms in total. The molecule has 0 spiro atoms. The van der Waals surface area contributed by atoms with E-state index in [4.69, 9.17) is 68.8 Å². The van der Waals surface area contributed by atoms with Gasteiger partial charge in [-0.25, -0.2) is 14.6 Å². The first-order chi connectivity index (χ1) is 33.5. The van der Waals surface area contributed by atoms with Crippen molar-refractivity contribution < 1.29 is 52.1 Å². The van der Waals surface area contributed by atoms with Crippen LogP contribution < -0.4 is 14.8 Å². The normalized spacial score (nSPS) is 19.9. The minimum Gasteiger partial charge on any atom is -0.487 e. The van der Waals surface area contributed by atoms with Gasteiger partial charge in [-0.3, -0.25) is 9.58 Å². The molecule has 5 heterocycles. The van der Waals surface area contributed by atoms with Gasteiger partial charge in [-0.1, -0.05) is 17.7 Å². The molecule has 22 heteroatoms. The monoisotopic (exact) mass is 972 g/mol. The fraction of sp³-hybridized carbons (Fsp3) is 0.696. The number of methoxy groups -OCH3 is 1. The highest BCUT2D eigenvalue weighted by Crippen LogP contribution is 2.40. The van der Waals surface area contributed by atoms with Gasteiger partial charge in [0.2, 0.25) is 5.95 Å². The van der Waals surface area contributed by atoms with Gasteiger partial charge in [-0.15, -0.1) is 10.2 Å². The minimum absolute atomic E-state index is 0.228. The summed E-state index contributed by atoms with van der Waals surface area (Å²) in [5, 5.41) is 20.1. The highest BCUT2D eigenvalue weighted by Gasteiger charge is 2.42. The van der Waals surface area contributed by atoms with E-state index in [-0.39, 0.29) is 12.1 Å². The quantitative estimate of drug-likeness (QED) is 0.0632. The molecule has 376 valence electrons. The third kappa shape index (κ3) is 16.8. The number of hydrogen-bond acceptors (Lipinski definition) is 19. The smallest absolute Gasteiger partial charge is 0.257 e. The summed E-state index contributed by atoms with van der Waals surface area (Å²) in [5.74, 6) is 1.42. The van der Waals surface area contributed by atoms with E-state index in [0.29, 0.717) is 159 Å². The summed E-state index contributed by atoms with van der Waals surface area (Å²) < 4.78 is 65.8. The van der Waals surface area contributed by atoms with Crippen molar-refractivity contribution in [3.05, 3.63) is 48.1 Å². The number of morpholine rings is 1. The lowest BCUT2D eigenvalue weighted by Gasteiger charge is -2.43. The van der Waals surface area contributed by atoms with Crippen LogP contribution in [-0.2, 0) is 49.2 Å². The molecule has 0 radical (unpaired) electrons. The largest absolute Gasteiger partial charge is 0.487 e. The Hall–Kier alpha value is -4.13. The number of tetrazole rings is 1. The van der Waals surface area contributed by atoms with Crippen LogP contribution in [0.3, 0.4) is 0 Å². The van der Waals surface area contributed by atoms with Crippen LogP contribution in [0, 0.1) is 0 Å². The van der Waals surface area contributed by atoms with Crippen molar-refractivity contribution in [2.45, 2.75) is 82.3 Å². The molecule has 2 bridgehead atoms. The third-order valence-electron chi connectivity index (χ3n) is 11.9. The van der Waals surface area contributed by atoms with E-state index in [2.05, 4.69) is 35.7 Å². The molecule has 68 heavy (non-hydrogen) atoms. The standard InChI is InChI=1S/C46H69ClN10O11/c1-35(30-55-34-50-53-54-55)68-44-27-36(3-10-42(44)47)37-28-48-46(49-29-37)51-43-31-56(38-4-6-39(7-5-38)57-40-8-9-41(57)33-66-32-40)52-45(43)67-26-25-65-24-23-64-22-21-63-20-19-62-18-17-61-16-15-60-14-13-59-12-11-58-2/h3,10,27-29,31,34-35,38-41H,4-9,11-26,30,32-33H2,1-2H3,(H,48,49,51)/t35-,38?,39?,40-,41+/m0/s1. The first-order valence-electron chi connectivity index (χ1n) is 23.9. The molecule has 3 atom stereocenters. The highest BCUT2D eigenvalue weighted by molar-refractivity contribution is 6.32. The van der Waals surface area contributed by atoms with E-state index in [1.807, 2.05) is 29.9 Å². The molecule has 1 aliphatic carbocycles. The lowest BCUT2D eigenvalue weighted by Crippen LogP contribution is -2.52. The van der Waals surface area contributed by atoms with Gasteiger partial charge in [0.25, 0.3) is 5.88 Å². The van der Waals surface area contributed by atoms with Crippen molar-refractivity contribution >= 4 is 23.2 Å². The van der Waals surface area contributed by atoms with Crippen molar-refractivity contribution in [2.75, 3.05) is 131 Å². The average Bonchev–Trinajstić information content (AvgIpc) is 4.08. The van der Waals surface area contributed by atoms with Gasteiger partial charge in [0.15, 0.2) is 0 Å². The van der Waals surface area contributed by atoms with Crippen LogP contribution in [0.5, 0.6) is 11.6 Å². The predicted octanol–water partition coefficient (Wildman–Crippen LogP) is 4.68. The third-order valence-corrected chi connectivity index (χ3v) is 12.2. The first-order valence-corrected chi connectivity index (χ1v) is 24.3. The molecule has 7 rings (SSSR count). The Morgan fingerprint density at radius 2 is 1.24 bits per heavy atom. The summed E-state index contributed by atoms with van der Waals surface area (Å²) in [5.41, 5.74) is 2.34. The fourth-order valence-electron chi connectivity index (χ4n) is 8.61. The molecule has 1 saturated carbocycles. The van der Waals surface area contributed by atoms with E-state index < -0.39 is 0 Å². The number of hydrogen-bond donors (Lipinski definition) is 1. The van der Waals surface area contributed by atoms with Crippen LogP contribution in [0.2, 0.25) is 5.02 Å². The van der Waals surface area contributed by atoms with Crippen LogP contribution in [0.15, 0.2) is 43.1 Å². The molecule has 2 aliphatic heterocycles. The maximum atomic E-state index is 6.51. The molecule has 0 amide bonds. The number of nitrogens with one attached hydrogen (secondary N) is 1. The Bertz CT molecular complexity index is 1960. The van der Waals surface area contributed by atoms with Crippen molar-refractivity contribution in [1.82, 2.24) is 44.9 Å². The van der Waals surface area contributed by atoms with Crippen LogP contribution in [-0.4, -0.2) is 195 Å². The Morgan fingerprint density at radius 1 is 0.691 bits per heavy atom. The van der Waals surface area contributed by atoms with Crippen molar-refractivity contribution in [3.8, 4) is 22.8 Å². The molecular weight excluding hydrogens is 904 g/mol. The summed E-state index contributed by atoms with van der Waals surface area (Å²) in [4.78, 5) is 12.1. The summed E-state index contributed by atoms with van der Waals surface area (Å²) in [6, 6.07) is 7.56. The molecule has 4 aromatic rings. The summed E-state index contributed by atoms with van der Waals surface area (Å²) in [6.07, 6.45) is 13.7. The van der Waals surface area contributed by atoms with Gasteiger partial charge in [0.1, 0.15) is 30.5 Å². The number of halogens is 1. The lowest BCUT2D eigenvalue weighted by molar-refractivity contribution is -0.0458. The Kier molecular flexibility index (Phi) is 22.2. The summed E-state index contributed by atoms with van der Waals surface area (Å²) in [6.45, 7) is 11.8. The van der Waals surface area contributed by atoms with E-state index in [1.165, 1.54) is 12.8 Å². The molecule has 3 aromatic heterocycles. The van der Waals surface area contributed by atoms with Crippen LogP contribution >= 0.6 is 11.6 Å². The second-order valence-electron chi connectivity index (χ2n) is 16.8. The van der Waals surface area contributed by atoms with Gasteiger partial charge >= 0.3 is 0 Å². The van der Waals surface area contributed by atoms with E-state index in [1.54, 1.807) is 36.6 Å². The second kappa shape index (κ2) is 29.1. The molecule has 1 N–H and O–H groups in total. The zero-order valence-corrected chi connectivity index (χ0v) is 40.3. The van der Waals surface area contributed by atoms with E-state index in [0.717, 1.165) is 50.0 Å². The molecule has 2 saturated heterocycles. The lowest BCUT2D eigenvalue weighted by atomic mass is 9.89. The number of fused-ring (bicyclic) bond motifs is 2. The molecule has 3 aliphatic rings. The van der Waals surface area contributed by atoms with Crippen LogP contribution in [0.1, 0.15) is 51.5 Å². The Morgan fingerprint density at radius 3 is 1.79 bits per heavy atom. The maximum Gasteiger partial charge on any atom is 0.257 e. The number of rotatable bonds is 34. The van der Waals surface area contributed by atoms with Gasteiger partial charge in [0, 0.05) is 43.2 Å². The van der Waals surface area contributed by atoms with Crippen LogP contribution in [0.4, 0.5) is 11.6 Å². The number of aromatic nitrogens is 8. The van der Waals surface area contributed by atoms with Crippen LogP contribution in [0.25, 0.3) is 11.1 Å². The van der Waals surface area contributed by atoms with E-state index >= 15 is 0 Å². The maximum absolute atomic E-state index is 6.51. The molecule has 3 fully saturated rings. The minimum atomic E-state index is -0.228. The van der Waals surface area contributed by atoms with Gasteiger partial charge < -0.3 is 57.4 Å². The van der Waals surface area contributed by atoms with E-state index in [9.17, 15) is 0 Å². The zero-order valence-electron chi connectivity index (χ0n) is 39.5. The molecule has 0 unspecified atom stereocenters. The van der Waals surface area contributed by atoms with Gasteiger partial charge in [-0.2, -0.15) is 0 Å². The summed E-state index contributed by atoms with van der Waals surface area (Å²) in [7, 11) is 1.65. The topological polar surface area (TPSA) is 204 Å². The van der Waals surface area contributed by atoms with Gasteiger partial charge in [0.05, 0.1) is 136 Å². The van der Waals surface area contributed by atoms with Gasteiger partial charge in [-0.05, 0) is 73.6 Å². The van der Waals surface area contributed by atoms with Crippen molar-refractivity contribution in [3.63, 3.8) is 0 Å². The number of ether oxygens (including phenoxy) is 11. The van der Waals surface area contributed by atoms with Crippen molar-refractivity contribution in [1.29, 1.82) is 0 Å². The first kappa shape index (κ1) is 51.7. The fourth-order valence-corrected chi connectivity index (χ4v) is 8.77. The number of benzene rings is 1. The SMILES string of the molecule is COCCOCCOCCOCCOCCOCCOCCOCCOc1nn(C2CCC(N3[C@@H]4CC[C@H]3COC4)CC2)cc1Nc1ncc(-c2ccc(Cl)c(O[C@@H](C)Cn3cnnn3)c2)cn1.